The SMILES string of the molecule is C[Si]1(C)c2cc(N(c3ccc(-c4ccccc4)cc3)c3ccc(-c4ccccc4)cc3)ccc2-c2c(N(c3ccc(-c4ccccc4)cc3)c3ccc(-c4ccccc4)cc3)cccc21. The second-order valence-electron chi connectivity index (χ2n) is 17.4. The van der Waals surface area contributed by atoms with Gasteiger partial charge >= 0.3 is 0 Å². The fourth-order valence-corrected chi connectivity index (χ4v) is 12.8. The second kappa shape index (κ2) is 16.9. The molecule has 0 radical (unpaired) electrons. The molecule has 0 saturated heterocycles. The van der Waals surface area contributed by atoms with Gasteiger partial charge in [0.1, 0.15) is 8.07 Å². The van der Waals surface area contributed by atoms with Crippen LogP contribution in [0.3, 0.4) is 0 Å². The van der Waals surface area contributed by atoms with Gasteiger partial charge in [0.15, 0.2) is 0 Å². The summed E-state index contributed by atoms with van der Waals surface area (Å²) in [4.78, 5) is 4.89. The van der Waals surface area contributed by atoms with Crippen LogP contribution < -0.4 is 20.2 Å². The minimum Gasteiger partial charge on any atom is -0.311 e. The average Bonchev–Trinajstić information content (AvgIpc) is 3.61. The molecule has 2 nitrogen and oxygen atoms in total. The zero-order chi connectivity index (χ0) is 43.7. The Morgan fingerprint density at radius 3 is 0.954 bits per heavy atom. The van der Waals surface area contributed by atoms with Gasteiger partial charge in [-0.05, 0) is 127 Å². The molecule has 0 bridgehead atoms. The van der Waals surface area contributed by atoms with Crippen molar-refractivity contribution in [1.29, 1.82) is 0 Å². The summed E-state index contributed by atoms with van der Waals surface area (Å²) in [6, 6.07) is 92.9. The summed E-state index contributed by atoms with van der Waals surface area (Å²) in [5, 5.41) is 2.91. The lowest BCUT2D eigenvalue weighted by molar-refractivity contribution is 1.28. The van der Waals surface area contributed by atoms with Crippen molar-refractivity contribution in [2.45, 2.75) is 13.1 Å². The molecular formula is C62H48N2Si. The van der Waals surface area contributed by atoms with Gasteiger partial charge in [0.05, 0.1) is 5.69 Å². The van der Waals surface area contributed by atoms with E-state index in [0.29, 0.717) is 0 Å². The Bertz CT molecular complexity index is 3060. The maximum atomic E-state index is 2.52. The Morgan fingerprint density at radius 1 is 0.262 bits per heavy atom. The molecule has 1 aliphatic rings. The van der Waals surface area contributed by atoms with Gasteiger partial charge in [-0.25, -0.2) is 0 Å². The van der Waals surface area contributed by atoms with E-state index in [1.165, 1.54) is 71.7 Å². The summed E-state index contributed by atoms with van der Waals surface area (Å²) in [7, 11) is -2.21. The Hall–Kier alpha value is -7.98. The van der Waals surface area contributed by atoms with Gasteiger partial charge in [0.25, 0.3) is 0 Å². The summed E-state index contributed by atoms with van der Waals surface area (Å²) in [5.41, 5.74) is 19.1. The van der Waals surface area contributed by atoms with Gasteiger partial charge in [-0.2, -0.15) is 0 Å². The first kappa shape index (κ1) is 39.8. The lowest BCUT2D eigenvalue weighted by Gasteiger charge is -2.29. The first-order valence-corrected chi connectivity index (χ1v) is 25.5. The van der Waals surface area contributed by atoms with Crippen molar-refractivity contribution in [3.05, 3.63) is 255 Å². The van der Waals surface area contributed by atoms with Crippen LogP contribution in [0.25, 0.3) is 55.6 Å². The van der Waals surface area contributed by atoms with Crippen LogP contribution >= 0.6 is 0 Å². The zero-order valence-corrected chi connectivity index (χ0v) is 37.6. The molecule has 1 heterocycles. The fraction of sp³-hybridized carbons (Fsp3) is 0.0323. The van der Waals surface area contributed by atoms with Gasteiger partial charge < -0.3 is 9.80 Å². The van der Waals surface area contributed by atoms with E-state index in [1.807, 2.05) is 0 Å². The molecule has 0 spiro atoms. The monoisotopic (exact) mass is 848 g/mol. The number of fused-ring (bicyclic) bond motifs is 3. The molecule has 3 heteroatoms. The van der Waals surface area contributed by atoms with Gasteiger partial charge in [-0.3, -0.25) is 0 Å². The number of hydrogen-bond acceptors (Lipinski definition) is 2. The van der Waals surface area contributed by atoms with Crippen LogP contribution in [0.5, 0.6) is 0 Å². The Labute approximate surface area is 384 Å². The lowest BCUT2D eigenvalue weighted by atomic mass is 9.99. The van der Waals surface area contributed by atoms with Gasteiger partial charge in [0.2, 0.25) is 0 Å². The van der Waals surface area contributed by atoms with E-state index in [2.05, 4.69) is 278 Å². The molecule has 10 aromatic carbocycles. The van der Waals surface area contributed by atoms with Crippen LogP contribution in [0.4, 0.5) is 34.1 Å². The Morgan fingerprint density at radius 2 is 0.585 bits per heavy atom. The summed E-state index contributed by atoms with van der Waals surface area (Å²) in [5.74, 6) is 0. The van der Waals surface area contributed by atoms with E-state index in [9.17, 15) is 0 Å². The highest BCUT2D eigenvalue weighted by atomic mass is 28.3. The Balaban J connectivity index is 1.03. The maximum absolute atomic E-state index is 2.52. The molecule has 0 amide bonds. The molecule has 310 valence electrons. The van der Waals surface area contributed by atoms with Crippen LogP contribution in [-0.4, -0.2) is 8.07 Å². The molecule has 0 saturated carbocycles. The van der Waals surface area contributed by atoms with Crippen molar-refractivity contribution in [1.82, 2.24) is 0 Å². The van der Waals surface area contributed by atoms with Crippen molar-refractivity contribution in [3.63, 3.8) is 0 Å². The standard InChI is InChI=1S/C62H48N2Si/c1-65(2)60-25-15-24-59(64(55-38-30-51(31-39-55)47-20-11-5-12-21-47)56-40-32-52(33-41-56)48-22-13-6-14-23-48)62(60)58-43-42-57(44-61(58)65)63(53-34-26-49(27-35-53)45-16-7-3-8-17-45)54-36-28-50(29-37-54)46-18-9-4-10-19-46/h3-44H,1-2H3. The molecule has 1 aliphatic heterocycles. The first-order valence-electron chi connectivity index (χ1n) is 22.5. The first-order chi connectivity index (χ1) is 32.0. The average molecular weight is 849 g/mol. The topological polar surface area (TPSA) is 6.48 Å². The minimum absolute atomic E-state index is 1.12. The predicted octanol–water partition coefficient (Wildman–Crippen LogP) is 16.1. The Kier molecular flexibility index (Phi) is 10.4. The summed E-state index contributed by atoms with van der Waals surface area (Å²) < 4.78 is 0. The largest absolute Gasteiger partial charge is 0.311 e. The summed E-state index contributed by atoms with van der Waals surface area (Å²) in [6.07, 6.45) is 0. The van der Waals surface area contributed by atoms with Crippen LogP contribution in [0.1, 0.15) is 0 Å². The minimum atomic E-state index is -2.21. The summed E-state index contributed by atoms with van der Waals surface area (Å²) in [6.45, 7) is 5.04. The zero-order valence-electron chi connectivity index (χ0n) is 36.6. The lowest BCUT2D eigenvalue weighted by Crippen LogP contribution is -2.49. The highest BCUT2D eigenvalue weighted by Gasteiger charge is 2.40. The molecule has 10 aromatic rings. The van der Waals surface area contributed by atoms with E-state index in [-0.39, 0.29) is 0 Å². The molecule has 0 aromatic heterocycles. The van der Waals surface area contributed by atoms with E-state index < -0.39 is 8.07 Å². The van der Waals surface area contributed by atoms with Crippen LogP contribution in [-0.2, 0) is 0 Å². The molecule has 65 heavy (non-hydrogen) atoms. The molecule has 0 N–H and O–H groups in total. The number of benzene rings is 10. The van der Waals surface area contributed by atoms with Crippen molar-refractivity contribution >= 4 is 52.6 Å². The van der Waals surface area contributed by atoms with Crippen molar-refractivity contribution in [2.75, 3.05) is 9.80 Å². The third kappa shape index (κ3) is 7.56. The van der Waals surface area contributed by atoms with Crippen LogP contribution in [0.15, 0.2) is 255 Å². The number of anilines is 6. The molecule has 0 aliphatic carbocycles. The van der Waals surface area contributed by atoms with Gasteiger partial charge in [0, 0.05) is 34.0 Å². The van der Waals surface area contributed by atoms with Crippen LogP contribution in [0.2, 0.25) is 13.1 Å². The van der Waals surface area contributed by atoms with E-state index in [1.54, 1.807) is 0 Å². The molecule has 0 fully saturated rings. The van der Waals surface area contributed by atoms with Crippen LogP contribution in [0, 0.1) is 0 Å². The third-order valence-electron chi connectivity index (χ3n) is 13.1. The number of rotatable bonds is 10. The highest BCUT2D eigenvalue weighted by Crippen LogP contribution is 2.45. The van der Waals surface area contributed by atoms with Gasteiger partial charge in [-0.15, -0.1) is 0 Å². The van der Waals surface area contributed by atoms with Crippen molar-refractivity contribution in [2.24, 2.45) is 0 Å². The highest BCUT2D eigenvalue weighted by molar-refractivity contribution is 7.04. The summed E-state index contributed by atoms with van der Waals surface area (Å²) >= 11 is 0. The van der Waals surface area contributed by atoms with Gasteiger partial charge in [-0.1, -0.05) is 201 Å². The number of hydrogen-bond donors (Lipinski definition) is 0. The van der Waals surface area contributed by atoms with E-state index in [4.69, 9.17) is 0 Å². The molecule has 11 rings (SSSR count). The molecule has 0 unspecified atom stereocenters. The van der Waals surface area contributed by atoms with Crippen molar-refractivity contribution < 1.29 is 0 Å². The predicted molar refractivity (Wildman–Crippen MR) is 280 cm³/mol. The normalized spacial score (nSPS) is 12.3. The second-order valence-corrected chi connectivity index (χ2v) is 21.7. The molecule has 0 atom stereocenters. The van der Waals surface area contributed by atoms with E-state index in [0.717, 1.165) is 28.4 Å². The number of nitrogens with zero attached hydrogens (tertiary/aromatic N) is 2. The molecular weight excluding hydrogens is 801 g/mol. The fourth-order valence-electron chi connectivity index (χ4n) is 9.69. The quantitative estimate of drug-likeness (QED) is 0.127. The third-order valence-corrected chi connectivity index (χ3v) is 16.6. The van der Waals surface area contributed by atoms with E-state index >= 15 is 0 Å². The van der Waals surface area contributed by atoms with Crippen molar-refractivity contribution in [3.8, 4) is 55.6 Å². The smallest absolute Gasteiger partial charge is 0.114 e. The maximum Gasteiger partial charge on any atom is 0.114 e.